The van der Waals surface area contributed by atoms with Gasteiger partial charge in [-0.05, 0) is 52.1 Å². The second-order valence-electron chi connectivity index (χ2n) is 6.67. The third kappa shape index (κ3) is 3.34. The Morgan fingerprint density at radius 2 is 1.95 bits per heavy atom. The summed E-state index contributed by atoms with van der Waals surface area (Å²) in [5.74, 6) is -0.662. The minimum Gasteiger partial charge on any atom is -0.480 e. The van der Waals surface area contributed by atoms with Gasteiger partial charge in [0.2, 0.25) is 0 Å². The number of carboxylic acids is 1. The van der Waals surface area contributed by atoms with Gasteiger partial charge in [-0.1, -0.05) is 26.2 Å². The average molecular weight is 282 g/mol. The van der Waals surface area contributed by atoms with E-state index in [0.29, 0.717) is 12.1 Å². The molecule has 4 nitrogen and oxygen atoms in total. The van der Waals surface area contributed by atoms with Crippen molar-refractivity contribution in [2.24, 2.45) is 0 Å². The van der Waals surface area contributed by atoms with Gasteiger partial charge < -0.3 is 15.3 Å². The predicted molar refractivity (Wildman–Crippen MR) is 80.9 cm³/mol. The third-order valence-corrected chi connectivity index (χ3v) is 5.34. The third-order valence-electron chi connectivity index (χ3n) is 5.34. The molecule has 116 valence electrons. The van der Waals surface area contributed by atoms with Crippen LogP contribution in [0.25, 0.3) is 0 Å². The molecule has 0 aliphatic heterocycles. The first kappa shape index (κ1) is 15.8. The zero-order valence-corrected chi connectivity index (χ0v) is 13.0. The largest absolute Gasteiger partial charge is 0.480 e. The van der Waals surface area contributed by atoms with Gasteiger partial charge in [0, 0.05) is 12.1 Å². The van der Waals surface area contributed by atoms with Crippen LogP contribution in [0.1, 0.15) is 64.7 Å². The van der Waals surface area contributed by atoms with E-state index in [1.807, 2.05) is 0 Å². The normalized spacial score (nSPS) is 31.9. The number of nitrogens with one attached hydrogen (secondary N) is 1. The molecular formula is C16H30N2O2. The Labute approximate surface area is 122 Å². The SMILES string of the molecule is CCCNC1(C(=O)O)CCC(N(C)C2CCCCC2)C1. The maximum Gasteiger partial charge on any atom is 0.323 e. The van der Waals surface area contributed by atoms with E-state index < -0.39 is 11.5 Å². The molecule has 0 spiro atoms. The summed E-state index contributed by atoms with van der Waals surface area (Å²) >= 11 is 0. The average Bonchev–Trinajstić information content (AvgIpc) is 2.91. The molecule has 20 heavy (non-hydrogen) atoms. The summed E-state index contributed by atoms with van der Waals surface area (Å²) in [6.07, 6.45) is 10.1. The highest BCUT2D eigenvalue weighted by Crippen LogP contribution is 2.35. The predicted octanol–water partition coefficient (Wildman–Crippen LogP) is 2.63. The number of rotatable bonds is 6. The Kier molecular flexibility index (Phi) is 5.44. The number of nitrogens with zero attached hydrogens (tertiary/aromatic N) is 1. The van der Waals surface area contributed by atoms with E-state index in [1.54, 1.807) is 0 Å². The lowest BCUT2D eigenvalue weighted by atomic mass is 9.92. The van der Waals surface area contributed by atoms with Crippen LogP contribution in [0.3, 0.4) is 0 Å². The summed E-state index contributed by atoms with van der Waals surface area (Å²) in [5.41, 5.74) is -0.677. The smallest absolute Gasteiger partial charge is 0.323 e. The van der Waals surface area contributed by atoms with Crippen LogP contribution in [0.15, 0.2) is 0 Å². The monoisotopic (exact) mass is 282 g/mol. The van der Waals surface area contributed by atoms with Crippen molar-refractivity contribution >= 4 is 5.97 Å². The van der Waals surface area contributed by atoms with Crippen molar-refractivity contribution in [1.82, 2.24) is 10.2 Å². The summed E-state index contributed by atoms with van der Waals surface area (Å²) in [4.78, 5) is 14.2. The van der Waals surface area contributed by atoms with Crippen molar-refractivity contribution in [2.45, 2.75) is 82.3 Å². The minimum absolute atomic E-state index is 0.429. The van der Waals surface area contributed by atoms with E-state index in [-0.39, 0.29) is 0 Å². The Balaban J connectivity index is 1.96. The molecule has 0 saturated heterocycles. The topological polar surface area (TPSA) is 52.6 Å². The molecule has 0 bridgehead atoms. The van der Waals surface area contributed by atoms with Crippen molar-refractivity contribution in [3.8, 4) is 0 Å². The van der Waals surface area contributed by atoms with E-state index in [2.05, 4.69) is 24.2 Å². The van der Waals surface area contributed by atoms with Crippen LogP contribution in [-0.2, 0) is 4.79 Å². The summed E-state index contributed by atoms with van der Waals surface area (Å²) < 4.78 is 0. The Hall–Kier alpha value is -0.610. The summed E-state index contributed by atoms with van der Waals surface area (Å²) in [5, 5.41) is 12.9. The molecule has 2 aliphatic rings. The molecular weight excluding hydrogens is 252 g/mol. The summed E-state index contributed by atoms with van der Waals surface area (Å²) in [6, 6.07) is 1.10. The van der Waals surface area contributed by atoms with Gasteiger partial charge in [0.05, 0.1) is 0 Å². The molecule has 2 aliphatic carbocycles. The number of aliphatic carboxylic acids is 1. The Bertz CT molecular complexity index is 328. The molecule has 2 atom stereocenters. The van der Waals surface area contributed by atoms with E-state index in [0.717, 1.165) is 32.2 Å². The van der Waals surface area contributed by atoms with Gasteiger partial charge in [0.1, 0.15) is 5.54 Å². The Morgan fingerprint density at radius 3 is 2.55 bits per heavy atom. The lowest BCUT2D eigenvalue weighted by molar-refractivity contribution is -0.144. The van der Waals surface area contributed by atoms with Crippen molar-refractivity contribution in [2.75, 3.05) is 13.6 Å². The van der Waals surface area contributed by atoms with Gasteiger partial charge in [-0.15, -0.1) is 0 Å². The Morgan fingerprint density at radius 1 is 1.25 bits per heavy atom. The molecule has 0 aromatic carbocycles. The van der Waals surface area contributed by atoms with Crippen LogP contribution in [0.5, 0.6) is 0 Å². The lowest BCUT2D eigenvalue weighted by Crippen LogP contribution is -2.52. The number of carboxylic acid groups (broad SMARTS) is 1. The van der Waals surface area contributed by atoms with Crippen molar-refractivity contribution in [3.63, 3.8) is 0 Å². The molecule has 0 radical (unpaired) electrons. The highest BCUT2D eigenvalue weighted by molar-refractivity contribution is 5.79. The molecule has 0 aromatic heterocycles. The molecule has 2 N–H and O–H groups in total. The van der Waals surface area contributed by atoms with Crippen LogP contribution in [0.4, 0.5) is 0 Å². The van der Waals surface area contributed by atoms with Crippen LogP contribution in [0.2, 0.25) is 0 Å². The van der Waals surface area contributed by atoms with Crippen molar-refractivity contribution in [1.29, 1.82) is 0 Å². The van der Waals surface area contributed by atoms with Gasteiger partial charge in [0.15, 0.2) is 0 Å². The van der Waals surface area contributed by atoms with E-state index in [9.17, 15) is 9.90 Å². The maximum atomic E-state index is 11.7. The molecule has 0 aromatic rings. The fourth-order valence-electron chi connectivity index (χ4n) is 3.95. The first-order chi connectivity index (χ1) is 9.59. The minimum atomic E-state index is -0.677. The number of hydrogen-bond acceptors (Lipinski definition) is 3. The van der Waals surface area contributed by atoms with Crippen LogP contribution < -0.4 is 5.32 Å². The van der Waals surface area contributed by atoms with Gasteiger partial charge in [0.25, 0.3) is 0 Å². The molecule has 4 heteroatoms. The molecule has 0 amide bonds. The highest BCUT2D eigenvalue weighted by atomic mass is 16.4. The van der Waals surface area contributed by atoms with Crippen LogP contribution in [-0.4, -0.2) is 47.2 Å². The molecule has 2 unspecified atom stereocenters. The zero-order valence-electron chi connectivity index (χ0n) is 13.0. The molecule has 2 saturated carbocycles. The maximum absolute atomic E-state index is 11.7. The fraction of sp³-hybridized carbons (Fsp3) is 0.938. The summed E-state index contributed by atoms with van der Waals surface area (Å²) in [7, 11) is 2.21. The van der Waals surface area contributed by atoms with Crippen LogP contribution >= 0.6 is 0 Å². The van der Waals surface area contributed by atoms with Gasteiger partial charge in [-0.3, -0.25) is 4.79 Å². The van der Waals surface area contributed by atoms with Crippen LogP contribution in [0, 0.1) is 0 Å². The molecule has 2 rings (SSSR count). The second-order valence-corrected chi connectivity index (χ2v) is 6.67. The highest BCUT2D eigenvalue weighted by Gasteiger charge is 2.46. The fourth-order valence-corrected chi connectivity index (χ4v) is 3.95. The van der Waals surface area contributed by atoms with E-state index in [1.165, 1.54) is 32.1 Å². The van der Waals surface area contributed by atoms with Crippen molar-refractivity contribution in [3.05, 3.63) is 0 Å². The number of carbonyl (C=O) groups is 1. The first-order valence-electron chi connectivity index (χ1n) is 8.29. The van der Waals surface area contributed by atoms with Gasteiger partial charge in [-0.25, -0.2) is 0 Å². The second kappa shape index (κ2) is 6.90. The summed E-state index contributed by atoms with van der Waals surface area (Å²) in [6.45, 7) is 2.88. The van der Waals surface area contributed by atoms with Gasteiger partial charge in [-0.2, -0.15) is 0 Å². The quantitative estimate of drug-likeness (QED) is 0.786. The van der Waals surface area contributed by atoms with Gasteiger partial charge >= 0.3 is 5.97 Å². The molecule has 0 heterocycles. The zero-order chi connectivity index (χ0) is 14.6. The molecule has 2 fully saturated rings. The van der Waals surface area contributed by atoms with E-state index >= 15 is 0 Å². The van der Waals surface area contributed by atoms with Crippen molar-refractivity contribution < 1.29 is 9.90 Å². The number of hydrogen-bond donors (Lipinski definition) is 2. The standard InChI is InChI=1S/C16H30N2O2/c1-3-11-17-16(15(19)20)10-9-14(12-16)18(2)13-7-5-4-6-8-13/h13-14,17H,3-12H2,1-2H3,(H,19,20). The first-order valence-corrected chi connectivity index (χ1v) is 8.29. The lowest BCUT2D eigenvalue weighted by Gasteiger charge is -2.36. The van der Waals surface area contributed by atoms with E-state index in [4.69, 9.17) is 0 Å².